The second-order valence-electron chi connectivity index (χ2n) is 5.18. The molecule has 0 aliphatic heterocycles. The molecule has 0 amide bonds. The average Bonchev–Trinajstić information content (AvgIpc) is 2.60. The van der Waals surface area contributed by atoms with Crippen LogP contribution in [0.4, 0.5) is 14.5 Å². The molecule has 0 aliphatic carbocycles. The number of benzene rings is 2. The number of thiocarbonyl (C=S) groups is 1. The van der Waals surface area contributed by atoms with Gasteiger partial charge in [0.25, 0.3) is 5.76 Å². The molecule has 0 spiro atoms. The smallest absolute Gasteiger partial charge is 0.288 e. The summed E-state index contributed by atoms with van der Waals surface area (Å²) >= 11 is 5.73. The predicted octanol–water partition coefficient (Wildman–Crippen LogP) is 4.89. The van der Waals surface area contributed by atoms with Crippen molar-refractivity contribution in [1.29, 1.82) is 0 Å². The summed E-state index contributed by atoms with van der Waals surface area (Å²) in [7, 11) is 0. The molecule has 2 N–H and O–H groups in total. The molecular formula is C18H20F2N2OS2. The van der Waals surface area contributed by atoms with E-state index in [0.717, 1.165) is 17.7 Å². The predicted molar refractivity (Wildman–Crippen MR) is 103 cm³/mol. The molecule has 0 radical (unpaired) electrons. The third-order valence-corrected chi connectivity index (χ3v) is 4.17. The van der Waals surface area contributed by atoms with Gasteiger partial charge in [0.2, 0.25) is 0 Å². The minimum Gasteiger partial charge on any atom is -0.377 e. The maximum Gasteiger partial charge on any atom is 0.288 e. The van der Waals surface area contributed by atoms with Crippen molar-refractivity contribution in [2.75, 3.05) is 18.5 Å². The second kappa shape index (κ2) is 11.0. The quantitative estimate of drug-likeness (QED) is 0.366. The van der Waals surface area contributed by atoms with Crippen molar-refractivity contribution in [1.82, 2.24) is 5.32 Å². The standard InChI is InChI=1S/C18H20F2N2OS2/c19-17(20)25-16-9-7-15(8-10-16)22-18(24)21-11-4-12-23-13-14-5-2-1-3-6-14/h1-3,5-10,17H,4,11-13H2,(H2,21,22,24). The minimum absolute atomic E-state index is 0.498. The second-order valence-corrected chi connectivity index (χ2v) is 6.65. The molecule has 0 aliphatic rings. The van der Waals surface area contributed by atoms with Crippen LogP contribution in [0.2, 0.25) is 0 Å². The number of nitrogens with one attached hydrogen (secondary N) is 2. The summed E-state index contributed by atoms with van der Waals surface area (Å²) in [6.45, 7) is 1.94. The van der Waals surface area contributed by atoms with Gasteiger partial charge in [-0.3, -0.25) is 0 Å². The van der Waals surface area contributed by atoms with Gasteiger partial charge in [-0.15, -0.1) is 0 Å². The first-order chi connectivity index (χ1) is 12.1. The van der Waals surface area contributed by atoms with Crippen LogP contribution in [-0.2, 0) is 11.3 Å². The van der Waals surface area contributed by atoms with Gasteiger partial charge in [-0.2, -0.15) is 8.78 Å². The summed E-state index contributed by atoms with van der Waals surface area (Å²) in [5.74, 6) is -2.41. The van der Waals surface area contributed by atoms with Crippen LogP contribution < -0.4 is 10.6 Å². The lowest BCUT2D eigenvalue weighted by molar-refractivity contribution is 0.119. The SMILES string of the molecule is FC(F)Sc1ccc(NC(=S)NCCCOCc2ccccc2)cc1. The molecule has 2 aromatic carbocycles. The van der Waals surface area contributed by atoms with Crippen molar-refractivity contribution < 1.29 is 13.5 Å². The molecule has 0 saturated carbocycles. The van der Waals surface area contributed by atoms with E-state index in [0.29, 0.717) is 41.5 Å². The Hall–Kier alpha value is -1.70. The van der Waals surface area contributed by atoms with E-state index in [1.165, 1.54) is 0 Å². The molecule has 7 heteroatoms. The third-order valence-electron chi connectivity index (χ3n) is 3.20. The molecule has 0 saturated heterocycles. The highest BCUT2D eigenvalue weighted by atomic mass is 32.2. The number of halogens is 2. The van der Waals surface area contributed by atoms with Crippen molar-refractivity contribution in [3.8, 4) is 0 Å². The van der Waals surface area contributed by atoms with Gasteiger partial charge in [0.05, 0.1) is 6.61 Å². The van der Waals surface area contributed by atoms with Crippen LogP contribution in [0, 0.1) is 0 Å². The molecule has 2 aromatic rings. The first-order valence-corrected chi connectivity index (χ1v) is 9.13. The Bertz CT molecular complexity index is 639. The fourth-order valence-electron chi connectivity index (χ4n) is 2.04. The number of hydrogen-bond acceptors (Lipinski definition) is 3. The fourth-order valence-corrected chi connectivity index (χ4v) is 2.75. The van der Waals surface area contributed by atoms with Crippen molar-refractivity contribution in [3.63, 3.8) is 0 Å². The van der Waals surface area contributed by atoms with Crippen LogP contribution in [0.5, 0.6) is 0 Å². The largest absolute Gasteiger partial charge is 0.377 e. The van der Waals surface area contributed by atoms with Gasteiger partial charge >= 0.3 is 0 Å². The van der Waals surface area contributed by atoms with Gasteiger partial charge in [-0.05, 0) is 48.5 Å². The zero-order valence-corrected chi connectivity index (χ0v) is 15.2. The van der Waals surface area contributed by atoms with E-state index in [2.05, 4.69) is 10.6 Å². The van der Waals surface area contributed by atoms with E-state index in [9.17, 15) is 8.78 Å². The summed E-state index contributed by atoms with van der Waals surface area (Å²) in [5, 5.41) is 6.61. The molecule has 2 rings (SSSR count). The molecule has 25 heavy (non-hydrogen) atoms. The van der Waals surface area contributed by atoms with Gasteiger partial charge < -0.3 is 15.4 Å². The molecule has 134 valence electrons. The lowest BCUT2D eigenvalue weighted by atomic mass is 10.2. The molecule has 0 fully saturated rings. The van der Waals surface area contributed by atoms with E-state index >= 15 is 0 Å². The van der Waals surface area contributed by atoms with Crippen LogP contribution >= 0.6 is 24.0 Å². The lowest BCUT2D eigenvalue weighted by Crippen LogP contribution is -2.29. The lowest BCUT2D eigenvalue weighted by Gasteiger charge is -2.11. The van der Waals surface area contributed by atoms with Gasteiger partial charge in [-0.25, -0.2) is 0 Å². The van der Waals surface area contributed by atoms with Gasteiger partial charge in [-0.1, -0.05) is 42.1 Å². The highest BCUT2D eigenvalue weighted by Crippen LogP contribution is 2.26. The Morgan fingerprint density at radius 3 is 2.48 bits per heavy atom. The average molecular weight is 383 g/mol. The first kappa shape index (κ1) is 19.6. The highest BCUT2D eigenvalue weighted by molar-refractivity contribution is 7.99. The van der Waals surface area contributed by atoms with Crippen molar-refractivity contribution >= 4 is 34.8 Å². The Labute approximate surface area is 156 Å². The van der Waals surface area contributed by atoms with Gasteiger partial charge in [0.15, 0.2) is 5.11 Å². The number of rotatable bonds is 9. The van der Waals surface area contributed by atoms with E-state index in [-0.39, 0.29) is 0 Å². The van der Waals surface area contributed by atoms with Crippen molar-refractivity contribution in [2.24, 2.45) is 0 Å². The number of ether oxygens (including phenoxy) is 1. The normalized spacial score (nSPS) is 10.7. The summed E-state index contributed by atoms with van der Waals surface area (Å²) in [4.78, 5) is 0.523. The molecule has 0 atom stereocenters. The summed E-state index contributed by atoms with van der Waals surface area (Å²) < 4.78 is 30.1. The van der Waals surface area contributed by atoms with E-state index in [1.54, 1.807) is 24.3 Å². The Morgan fingerprint density at radius 2 is 1.80 bits per heavy atom. The van der Waals surface area contributed by atoms with Crippen LogP contribution in [-0.4, -0.2) is 24.0 Å². The summed E-state index contributed by atoms with van der Waals surface area (Å²) in [5.41, 5.74) is 1.91. The highest BCUT2D eigenvalue weighted by Gasteiger charge is 2.05. The third kappa shape index (κ3) is 8.29. The molecule has 0 bridgehead atoms. The number of alkyl halides is 2. The van der Waals surface area contributed by atoms with Crippen LogP contribution in [0.25, 0.3) is 0 Å². The number of anilines is 1. The number of thioether (sulfide) groups is 1. The van der Waals surface area contributed by atoms with Crippen LogP contribution in [0.15, 0.2) is 59.5 Å². The number of hydrogen-bond donors (Lipinski definition) is 2. The Balaban J connectivity index is 1.57. The monoisotopic (exact) mass is 382 g/mol. The molecule has 3 nitrogen and oxygen atoms in total. The molecular weight excluding hydrogens is 362 g/mol. The minimum atomic E-state index is -2.41. The van der Waals surface area contributed by atoms with E-state index in [1.807, 2.05) is 30.3 Å². The first-order valence-electron chi connectivity index (χ1n) is 7.85. The van der Waals surface area contributed by atoms with Crippen LogP contribution in [0.3, 0.4) is 0 Å². The van der Waals surface area contributed by atoms with Crippen molar-refractivity contribution in [3.05, 3.63) is 60.2 Å². The van der Waals surface area contributed by atoms with E-state index in [4.69, 9.17) is 17.0 Å². The summed E-state index contributed by atoms with van der Waals surface area (Å²) in [6.07, 6.45) is 0.832. The molecule has 0 aromatic heterocycles. The zero-order valence-electron chi connectivity index (χ0n) is 13.6. The maximum atomic E-state index is 12.3. The summed E-state index contributed by atoms with van der Waals surface area (Å²) in [6, 6.07) is 16.7. The van der Waals surface area contributed by atoms with Gasteiger partial charge in [0, 0.05) is 23.7 Å². The Morgan fingerprint density at radius 1 is 1.08 bits per heavy atom. The maximum absolute atomic E-state index is 12.3. The van der Waals surface area contributed by atoms with Crippen molar-refractivity contribution in [2.45, 2.75) is 23.7 Å². The molecule has 0 heterocycles. The fraction of sp³-hybridized carbons (Fsp3) is 0.278. The van der Waals surface area contributed by atoms with E-state index < -0.39 is 5.76 Å². The zero-order chi connectivity index (χ0) is 17.9. The molecule has 0 unspecified atom stereocenters. The topological polar surface area (TPSA) is 33.3 Å². The Kier molecular flexibility index (Phi) is 8.65. The van der Waals surface area contributed by atoms with Crippen LogP contribution in [0.1, 0.15) is 12.0 Å². The van der Waals surface area contributed by atoms with Gasteiger partial charge in [0.1, 0.15) is 0 Å².